The van der Waals surface area contributed by atoms with Gasteiger partial charge in [0.1, 0.15) is 5.82 Å². The van der Waals surface area contributed by atoms with Crippen molar-refractivity contribution in [2.45, 2.75) is 24.8 Å². The van der Waals surface area contributed by atoms with E-state index in [9.17, 15) is 4.39 Å². The highest BCUT2D eigenvalue weighted by Crippen LogP contribution is 2.41. The first-order valence-electron chi connectivity index (χ1n) is 6.59. The molecule has 20 heavy (non-hydrogen) atoms. The molecule has 1 fully saturated rings. The lowest BCUT2D eigenvalue weighted by molar-refractivity contribution is 0.374. The zero-order chi connectivity index (χ0) is 14.1. The van der Waals surface area contributed by atoms with Crippen molar-refractivity contribution >= 4 is 28.9 Å². The van der Waals surface area contributed by atoms with Crippen LogP contribution in [-0.4, -0.2) is 6.04 Å². The van der Waals surface area contributed by atoms with E-state index in [4.69, 9.17) is 23.2 Å². The summed E-state index contributed by atoms with van der Waals surface area (Å²) in [6.45, 7) is 0. The van der Waals surface area contributed by atoms with Gasteiger partial charge < -0.3 is 5.32 Å². The van der Waals surface area contributed by atoms with Gasteiger partial charge in [0.15, 0.2) is 0 Å². The SMILES string of the molecule is Fc1ccc(NC2CC(c3ccccc3Cl)C2)c(Cl)c1. The molecule has 1 nitrogen and oxygen atoms in total. The third-order valence-corrected chi connectivity index (χ3v) is 4.43. The third-order valence-electron chi connectivity index (χ3n) is 3.77. The molecule has 0 radical (unpaired) electrons. The molecule has 1 N–H and O–H groups in total. The first-order valence-corrected chi connectivity index (χ1v) is 7.35. The molecule has 1 aliphatic rings. The Morgan fingerprint density at radius 3 is 2.45 bits per heavy atom. The molecule has 104 valence electrons. The number of nitrogens with one attached hydrogen (secondary N) is 1. The predicted octanol–water partition coefficient (Wildman–Crippen LogP) is 5.49. The van der Waals surface area contributed by atoms with E-state index >= 15 is 0 Å². The summed E-state index contributed by atoms with van der Waals surface area (Å²) in [5.41, 5.74) is 1.99. The Morgan fingerprint density at radius 2 is 1.75 bits per heavy atom. The van der Waals surface area contributed by atoms with Crippen LogP contribution in [0.3, 0.4) is 0 Å². The number of hydrogen-bond donors (Lipinski definition) is 1. The molecule has 3 rings (SSSR count). The summed E-state index contributed by atoms with van der Waals surface area (Å²) >= 11 is 12.2. The van der Waals surface area contributed by atoms with E-state index in [-0.39, 0.29) is 5.82 Å². The van der Waals surface area contributed by atoms with E-state index in [1.165, 1.54) is 17.7 Å². The van der Waals surface area contributed by atoms with Gasteiger partial charge in [-0.2, -0.15) is 0 Å². The van der Waals surface area contributed by atoms with Crippen molar-refractivity contribution < 1.29 is 4.39 Å². The van der Waals surface area contributed by atoms with Crippen LogP contribution < -0.4 is 5.32 Å². The molecule has 0 heterocycles. The highest BCUT2D eigenvalue weighted by molar-refractivity contribution is 6.33. The molecule has 0 bridgehead atoms. The average molecular weight is 310 g/mol. The van der Waals surface area contributed by atoms with Crippen LogP contribution in [0.15, 0.2) is 42.5 Å². The van der Waals surface area contributed by atoms with Crippen LogP contribution >= 0.6 is 23.2 Å². The number of hydrogen-bond acceptors (Lipinski definition) is 1. The molecule has 2 aromatic carbocycles. The molecule has 2 aromatic rings. The Morgan fingerprint density at radius 1 is 1.00 bits per heavy atom. The third kappa shape index (κ3) is 2.77. The van der Waals surface area contributed by atoms with E-state index in [1.54, 1.807) is 6.07 Å². The van der Waals surface area contributed by atoms with Gasteiger partial charge >= 0.3 is 0 Å². The summed E-state index contributed by atoms with van der Waals surface area (Å²) in [4.78, 5) is 0. The maximum absolute atomic E-state index is 13.0. The quantitative estimate of drug-likeness (QED) is 0.790. The predicted molar refractivity (Wildman–Crippen MR) is 82.2 cm³/mol. The second kappa shape index (κ2) is 5.63. The average Bonchev–Trinajstić information content (AvgIpc) is 2.37. The minimum absolute atomic E-state index is 0.317. The van der Waals surface area contributed by atoms with Gasteiger partial charge in [0.2, 0.25) is 0 Å². The second-order valence-electron chi connectivity index (χ2n) is 5.16. The van der Waals surface area contributed by atoms with E-state index in [0.29, 0.717) is 17.0 Å². The molecule has 1 saturated carbocycles. The first kappa shape index (κ1) is 13.7. The first-order chi connectivity index (χ1) is 9.63. The lowest BCUT2D eigenvalue weighted by atomic mass is 9.76. The second-order valence-corrected chi connectivity index (χ2v) is 5.97. The van der Waals surface area contributed by atoms with Crippen molar-refractivity contribution in [1.29, 1.82) is 0 Å². The number of anilines is 1. The number of halogens is 3. The van der Waals surface area contributed by atoms with Crippen molar-refractivity contribution in [1.82, 2.24) is 0 Å². The maximum atomic E-state index is 13.0. The highest BCUT2D eigenvalue weighted by atomic mass is 35.5. The fourth-order valence-electron chi connectivity index (χ4n) is 2.62. The molecule has 1 aliphatic carbocycles. The molecule has 0 atom stereocenters. The maximum Gasteiger partial charge on any atom is 0.124 e. The summed E-state index contributed by atoms with van der Waals surface area (Å²) in [7, 11) is 0. The summed E-state index contributed by atoms with van der Waals surface area (Å²) in [5, 5.41) is 4.60. The Hall–Kier alpha value is -1.25. The standard InChI is InChI=1S/C16H14Cl2FN/c17-14-4-2-1-3-13(14)10-7-12(8-10)20-16-6-5-11(19)9-15(16)18/h1-6,9-10,12,20H,7-8H2. The lowest BCUT2D eigenvalue weighted by Gasteiger charge is -2.37. The van der Waals surface area contributed by atoms with E-state index < -0.39 is 0 Å². The van der Waals surface area contributed by atoms with Crippen LogP contribution in [0.2, 0.25) is 10.0 Å². The van der Waals surface area contributed by atoms with Gasteiger partial charge in [0.25, 0.3) is 0 Å². The topological polar surface area (TPSA) is 12.0 Å². The molecular weight excluding hydrogens is 296 g/mol. The molecule has 0 amide bonds. The minimum atomic E-state index is -0.317. The zero-order valence-corrected chi connectivity index (χ0v) is 12.3. The fraction of sp³-hybridized carbons (Fsp3) is 0.250. The van der Waals surface area contributed by atoms with Gasteiger partial charge in [-0.05, 0) is 48.6 Å². The number of benzene rings is 2. The van der Waals surface area contributed by atoms with Crippen LogP contribution in [0.5, 0.6) is 0 Å². The van der Waals surface area contributed by atoms with E-state index in [1.807, 2.05) is 18.2 Å². The van der Waals surface area contributed by atoms with Gasteiger partial charge in [-0.3, -0.25) is 0 Å². The summed E-state index contributed by atoms with van der Waals surface area (Å²) in [6.07, 6.45) is 2.02. The Kier molecular flexibility index (Phi) is 3.86. The van der Waals surface area contributed by atoms with Gasteiger partial charge in [-0.15, -0.1) is 0 Å². The van der Waals surface area contributed by atoms with Crippen LogP contribution in [0.25, 0.3) is 0 Å². The van der Waals surface area contributed by atoms with Gasteiger partial charge in [-0.25, -0.2) is 4.39 Å². The van der Waals surface area contributed by atoms with Gasteiger partial charge in [0, 0.05) is 11.1 Å². The molecule has 0 aliphatic heterocycles. The van der Waals surface area contributed by atoms with Crippen LogP contribution in [0.1, 0.15) is 24.3 Å². The molecule has 0 unspecified atom stereocenters. The normalized spacial score (nSPS) is 21.4. The van der Waals surface area contributed by atoms with Crippen LogP contribution in [0, 0.1) is 5.82 Å². The highest BCUT2D eigenvalue weighted by Gasteiger charge is 2.31. The molecule has 0 aromatic heterocycles. The molecule has 0 spiro atoms. The molecular formula is C16H14Cl2FN. The van der Waals surface area contributed by atoms with Crippen molar-refractivity contribution in [2.24, 2.45) is 0 Å². The van der Waals surface area contributed by atoms with Crippen molar-refractivity contribution in [3.05, 3.63) is 63.9 Å². The number of rotatable bonds is 3. The molecule has 4 heteroatoms. The van der Waals surface area contributed by atoms with Gasteiger partial charge in [0.05, 0.1) is 10.7 Å². The Bertz CT molecular complexity index is 624. The Labute approximate surface area is 127 Å². The minimum Gasteiger partial charge on any atom is -0.381 e. The van der Waals surface area contributed by atoms with Crippen LogP contribution in [-0.2, 0) is 0 Å². The zero-order valence-electron chi connectivity index (χ0n) is 10.7. The smallest absolute Gasteiger partial charge is 0.124 e. The summed E-state index contributed by atoms with van der Waals surface area (Å²) in [6, 6.07) is 12.7. The molecule has 0 saturated heterocycles. The van der Waals surface area contributed by atoms with Crippen LogP contribution in [0.4, 0.5) is 10.1 Å². The van der Waals surface area contributed by atoms with Crippen molar-refractivity contribution in [3.63, 3.8) is 0 Å². The lowest BCUT2D eigenvalue weighted by Crippen LogP contribution is -2.34. The van der Waals surface area contributed by atoms with Crippen molar-refractivity contribution in [3.8, 4) is 0 Å². The summed E-state index contributed by atoms with van der Waals surface area (Å²) in [5.74, 6) is 0.170. The monoisotopic (exact) mass is 309 g/mol. The van der Waals surface area contributed by atoms with Gasteiger partial charge in [-0.1, -0.05) is 41.4 Å². The largest absolute Gasteiger partial charge is 0.381 e. The van der Waals surface area contributed by atoms with E-state index in [2.05, 4.69) is 11.4 Å². The Balaban J connectivity index is 1.62. The van der Waals surface area contributed by atoms with E-state index in [0.717, 1.165) is 23.6 Å². The van der Waals surface area contributed by atoms with Crippen molar-refractivity contribution in [2.75, 3.05) is 5.32 Å². The fourth-order valence-corrected chi connectivity index (χ4v) is 3.13. The summed E-state index contributed by atoms with van der Waals surface area (Å²) < 4.78 is 13.0.